The van der Waals surface area contributed by atoms with Crippen molar-refractivity contribution in [2.24, 2.45) is 0 Å². The van der Waals surface area contributed by atoms with Crippen molar-refractivity contribution in [2.45, 2.75) is 44.9 Å². The van der Waals surface area contributed by atoms with Gasteiger partial charge in [-0.3, -0.25) is 9.78 Å². The summed E-state index contributed by atoms with van der Waals surface area (Å²) in [6, 6.07) is 3.88. The van der Waals surface area contributed by atoms with Gasteiger partial charge in [-0.1, -0.05) is 19.3 Å². The lowest BCUT2D eigenvalue weighted by Gasteiger charge is -2.19. The second kappa shape index (κ2) is 6.92. The Bertz CT molecular complexity index is 677. The minimum atomic E-state index is -0.0513. The van der Waals surface area contributed by atoms with Crippen molar-refractivity contribution in [3.05, 3.63) is 44.3 Å². The molecule has 3 nitrogen and oxygen atoms in total. The summed E-state index contributed by atoms with van der Waals surface area (Å²) in [6.45, 7) is 1.91. The quantitative estimate of drug-likeness (QED) is 0.764. The maximum atomic E-state index is 12.4. The molecule has 1 saturated carbocycles. The number of aromatic nitrogens is 1. The molecule has 22 heavy (non-hydrogen) atoms. The second-order valence-corrected chi connectivity index (χ2v) is 7.52. The Morgan fingerprint density at radius 2 is 2.14 bits per heavy atom. The highest BCUT2D eigenvalue weighted by Crippen LogP contribution is 2.36. The van der Waals surface area contributed by atoms with E-state index >= 15 is 0 Å². The molecule has 1 aliphatic rings. The molecule has 0 aliphatic heterocycles. The lowest BCUT2D eigenvalue weighted by molar-refractivity contribution is 0.102. The van der Waals surface area contributed by atoms with Crippen LogP contribution in [-0.4, -0.2) is 10.9 Å². The van der Waals surface area contributed by atoms with E-state index in [1.165, 1.54) is 37.0 Å². The van der Waals surface area contributed by atoms with Crippen LogP contribution in [0.4, 0.5) is 5.69 Å². The van der Waals surface area contributed by atoms with E-state index < -0.39 is 0 Å². The van der Waals surface area contributed by atoms with Crippen LogP contribution in [0.15, 0.2) is 28.2 Å². The van der Waals surface area contributed by atoms with Gasteiger partial charge in [-0.15, -0.1) is 11.3 Å². The predicted molar refractivity (Wildman–Crippen MR) is 94.8 cm³/mol. The van der Waals surface area contributed by atoms with E-state index in [0.717, 1.165) is 21.4 Å². The van der Waals surface area contributed by atoms with Gasteiger partial charge >= 0.3 is 0 Å². The van der Waals surface area contributed by atoms with Crippen LogP contribution < -0.4 is 5.32 Å². The molecule has 1 N–H and O–H groups in total. The maximum Gasteiger partial charge on any atom is 0.256 e. The highest BCUT2D eigenvalue weighted by Gasteiger charge is 2.19. The van der Waals surface area contributed by atoms with Gasteiger partial charge in [0.2, 0.25) is 0 Å². The molecule has 0 radical (unpaired) electrons. The van der Waals surface area contributed by atoms with Crippen LogP contribution in [0.3, 0.4) is 0 Å². The van der Waals surface area contributed by atoms with E-state index in [2.05, 4.69) is 32.3 Å². The van der Waals surface area contributed by atoms with Gasteiger partial charge in [-0.05, 0) is 53.7 Å². The average molecular weight is 379 g/mol. The first kappa shape index (κ1) is 15.7. The number of anilines is 1. The van der Waals surface area contributed by atoms with Crippen molar-refractivity contribution in [2.75, 3.05) is 5.32 Å². The van der Waals surface area contributed by atoms with Crippen LogP contribution in [0.2, 0.25) is 0 Å². The number of carbonyl (C=O) groups is 1. The van der Waals surface area contributed by atoms with Gasteiger partial charge in [0.05, 0.1) is 21.4 Å². The third-order valence-corrected chi connectivity index (χ3v) is 6.30. The van der Waals surface area contributed by atoms with Crippen LogP contribution in [-0.2, 0) is 0 Å². The number of halogens is 1. The molecule has 1 amide bonds. The van der Waals surface area contributed by atoms with Crippen molar-refractivity contribution in [3.63, 3.8) is 0 Å². The molecular weight excluding hydrogens is 360 g/mol. The fourth-order valence-corrected chi connectivity index (χ4v) is 4.31. The molecule has 2 aromatic rings. The summed E-state index contributed by atoms with van der Waals surface area (Å²) in [5, 5.41) is 4.94. The molecule has 1 aliphatic carbocycles. The van der Waals surface area contributed by atoms with E-state index in [1.807, 2.05) is 18.4 Å². The van der Waals surface area contributed by atoms with Gasteiger partial charge in [-0.2, -0.15) is 0 Å². The van der Waals surface area contributed by atoms with Crippen molar-refractivity contribution >= 4 is 38.9 Å². The fourth-order valence-electron chi connectivity index (χ4n) is 2.91. The standard InChI is InChI=1S/C17H19BrN2OS/c1-11-16(18)14(7-8-19-11)20-17(21)13-9-15(22-10-13)12-5-3-2-4-6-12/h7-10,12H,2-6H2,1H3,(H,19,20,21). The van der Waals surface area contributed by atoms with Crippen molar-refractivity contribution in [1.82, 2.24) is 4.98 Å². The normalized spacial score (nSPS) is 15.7. The SMILES string of the molecule is Cc1nccc(NC(=O)c2csc(C3CCCCC3)c2)c1Br. The van der Waals surface area contributed by atoms with Crippen molar-refractivity contribution in [1.29, 1.82) is 0 Å². The van der Waals surface area contributed by atoms with Gasteiger partial charge in [0, 0.05) is 16.5 Å². The van der Waals surface area contributed by atoms with E-state index in [0.29, 0.717) is 5.92 Å². The number of carbonyl (C=O) groups excluding carboxylic acids is 1. The smallest absolute Gasteiger partial charge is 0.256 e. The molecule has 3 rings (SSSR count). The van der Waals surface area contributed by atoms with Gasteiger partial charge in [0.15, 0.2) is 0 Å². The fraction of sp³-hybridized carbons (Fsp3) is 0.412. The third-order valence-electron chi connectivity index (χ3n) is 4.20. The van der Waals surface area contributed by atoms with E-state index in [-0.39, 0.29) is 5.91 Å². The highest BCUT2D eigenvalue weighted by atomic mass is 79.9. The molecular formula is C17H19BrN2OS. The van der Waals surface area contributed by atoms with Crippen molar-refractivity contribution in [3.8, 4) is 0 Å². The summed E-state index contributed by atoms with van der Waals surface area (Å²) in [7, 11) is 0. The largest absolute Gasteiger partial charge is 0.321 e. The Kier molecular flexibility index (Phi) is 4.93. The first-order valence-corrected chi connectivity index (χ1v) is 9.33. The molecule has 2 heterocycles. The zero-order valence-electron chi connectivity index (χ0n) is 12.6. The molecule has 2 aromatic heterocycles. The van der Waals surface area contributed by atoms with Crippen LogP contribution in [0.5, 0.6) is 0 Å². The summed E-state index contributed by atoms with van der Waals surface area (Å²) in [6.07, 6.45) is 8.20. The Morgan fingerprint density at radius 1 is 1.36 bits per heavy atom. The third kappa shape index (κ3) is 3.41. The number of aryl methyl sites for hydroxylation is 1. The minimum Gasteiger partial charge on any atom is -0.321 e. The number of hydrogen-bond acceptors (Lipinski definition) is 3. The number of amides is 1. The van der Waals surface area contributed by atoms with Crippen LogP contribution in [0, 0.1) is 6.92 Å². The molecule has 0 spiro atoms. The van der Waals surface area contributed by atoms with Gasteiger partial charge in [-0.25, -0.2) is 0 Å². The Morgan fingerprint density at radius 3 is 2.91 bits per heavy atom. The summed E-state index contributed by atoms with van der Waals surface area (Å²) in [5.74, 6) is 0.597. The lowest BCUT2D eigenvalue weighted by Crippen LogP contribution is -2.12. The molecule has 0 unspecified atom stereocenters. The molecule has 1 fully saturated rings. The summed E-state index contributed by atoms with van der Waals surface area (Å²) in [4.78, 5) is 18.0. The van der Waals surface area contributed by atoms with E-state index in [1.54, 1.807) is 17.5 Å². The molecule has 5 heteroatoms. The predicted octanol–water partition coefficient (Wildman–Crippen LogP) is 5.51. The monoisotopic (exact) mass is 378 g/mol. The highest BCUT2D eigenvalue weighted by molar-refractivity contribution is 9.10. The first-order valence-electron chi connectivity index (χ1n) is 7.66. The van der Waals surface area contributed by atoms with Crippen molar-refractivity contribution < 1.29 is 4.79 Å². The Balaban J connectivity index is 1.72. The average Bonchev–Trinajstić information content (AvgIpc) is 3.03. The molecule has 0 saturated heterocycles. The number of nitrogens with zero attached hydrogens (tertiary/aromatic N) is 1. The summed E-state index contributed by atoms with van der Waals surface area (Å²) < 4.78 is 0.839. The summed E-state index contributed by atoms with van der Waals surface area (Å²) >= 11 is 5.19. The van der Waals surface area contributed by atoms with E-state index in [4.69, 9.17) is 0 Å². The van der Waals surface area contributed by atoms with Gasteiger partial charge in [0.1, 0.15) is 0 Å². The number of rotatable bonds is 3. The number of pyridine rings is 1. The first-order chi connectivity index (χ1) is 10.6. The van der Waals surface area contributed by atoms with Crippen LogP contribution in [0.25, 0.3) is 0 Å². The molecule has 0 atom stereocenters. The topological polar surface area (TPSA) is 42.0 Å². The number of hydrogen-bond donors (Lipinski definition) is 1. The Hall–Kier alpha value is -1.20. The van der Waals surface area contributed by atoms with Crippen LogP contribution in [0.1, 0.15) is 59.0 Å². The Labute approximate surface area is 143 Å². The molecule has 0 bridgehead atoms. The lowest BCUT2D eigenvalue weighted by atomic mass is 9.88. The zero-order chi connectivity index (χ0) is 15.5. The van der Waals surface area contributed by atoms with Gasteiger partial charge < -0.3 is 5.32 Å². The zero-order valence-corrected chi connectivity index (χ0v) is 15.0. The molecule has 116 valence electrons. The number of thiophene rings is 1. The van der Waals surface area contributed by atoms with E-state index in [9.17, 15) is 4.79 Å². The number of nitrogens with one attached hydrogen (secondary N) is 1. The summed E-state index contributed by atoms with van der Waals surface area (Å²) in [5.41, 5.74) is 2.39. The van der Waals surface area contributed by atoms with Crippen LogP contribution >= 0.6 is 27.3 Å². The molecule has 0 aromatic carbocycles. The van der Waals surface area contributed by atoms with Gasteiger partial charge in [0.25, 0.3) is 5.91 Å². The second-order valence-electron chi connectivity index (χ2n) is 5.78. The maximum absolute atomic E-state index is 12.4. The minimum absolute atomic E-state index is 0.0513.